The average Bonchev–Trinajstić information content (AvgIpc) is 2.30. The third-order valence-electron chi connectivity index (χ3n) is 2.84. The van der Waals surface area contributed by atoms with E-state index in [-0.39, 0.29) is 5.56 Å². The van der Waals surface area contributed by atoms with Gasteiger partial charge in [0.1, 0.15) is 0 Å². The van der Waals surface area contributed by atoms with Crippen molar-refractivity contribution in [2.24, 2.45) is 0 Å². The maximum Gasteiger partial charge on any atom is 0.255 e. The largest absolute Gasteiger partial charge is 0.325 e. The number of aryl methyl sites for hydroxylation is 2. The molecule has 0 saturated heterocycles. The van der Waals surface area contributed by atoms with Gasteiger partial charge in [-0.25, -0.2) is 4.98 Å². The molecule has 0 amide bonds. The lowest BCUT2D eigenvalue weighted by molar-refractivity contribution is 1.08. The van der Waals surface area contributed by atoms with Gasteiger partial charge in [-0.15, -0.1) is 0 Å². The first-order valence-corrected chi connectivity index (χ1v) is 5.47. The van der Waals surface area contributed by atoms with E-state index < -0.39 is 0 Å². The Hall–Kier alpha value is -2.10. The monoisotopic (exact) mass is 229 g/mol. The van der Waals surface area contributed by atoms with Gasteiger partial charge < -0.3 is 5.32 Å². The molecule has 2 rings (SSSR count). The normalized spacial score (nSPS) is 10.3. The molecule has 0 bridgehead atoms. The van der Waals surface area contributed by atoms with Gasteiger partial charge >= 0.3 is 0 Å². The molecular weight excluding hydrogens is 214 g/mol. The number of nitrogens with one attached hydrogen (secondary N) is 2. The Morgan fingerprint density at radius 3 is 2.65 bits per heavy atom. The van der Waals surface area contributed by atoms with E-state index in [2.05, 4.69) is 15.3 Å². The summed E-state index contributed by atoms with van der Waals surface area (Å²) in [6.07, 6.45) is 1.56. The Morgan fingerprint density at radius 2 is 1.94 bits per heavy atom. The molecule has 2 aromatic rings. The van der Waals surface area contributed by atoms with Crippen LogP contribution in [0.3, 0.4) is 0 Å². The van der Waals surface area contributed by atoms with E-state index in [1.165, 1.54) is 5.56 Å². The van der Waals surface area contributed by atoms with Crippen LogP contribution in [-0.4, -0.2) is 9.97 Å². The fourth-order valence-electron chi connectivity index (χ4n) is 1.54. The summed E-state index contributed by atoms with van der Waals surface area (Å²) in [7, 11) is 0. The Balaban J connectivity index is 2.35. The molecule has 0 aliphatic rings. The maximum absolute atomic E-state index is 11.4. The van der Waals surface area contributed by atoms with Crippen molar-refractivity contribution in [3.8, 4) is 0 Å². The molecule has 4 nitrogen and oxygen atoms in total. The van der Waals surface area contributed by atoms with E-state index >= 15 is 0 Å². The first-order valence-electron chi connectivity index (χ1n) is 5.47. The average molecular weight is 229 g/mol. The van der Waals surface area contributed by atoms with Crippen LogP contribution in [0.25, 0.3) is 0 Å². The number of aromatic amines is 1. The second-order valence-electron chi connectivity index (χ2n) is 4.12. The minimum Gasteiger partial charge on any atom is -0.325 e. The first kappa shape index (κ1) is 11.4. The summed E-state index contributed by atoms with van der Waals surface area (Å²) >= 11 is 0. The molecule has 0 fully saturated rings. The summed E-state index contributed by atoms with van der Waals surface area (Å²) in [6, 6.07) is 5.98. The zero-order chi connectivity index (χ0) is 12.4. The lowest BCUT2D eigenvalue weighted by Crippen LogP contribution is -2.13. The molecule has 0 saturated carbocycles. The van der Waals surface area contributed by atoms with E-state index in [4.69, 9.17) is 0 Å². The number of hydrogen-bond acceptors (Lipinski definition) is 3. The Morgan fingerprint density at radius 1 is 1.18 bits per heavy atom. The van der Waals surface area contributed by atoms with Crippen LogP contribution in [0.1, 0.15) is 16.7 Å². The minimum atomic E-state index is -0.118. The lowest BCUT2D eigenvalue weighted by atomic mass is 10.1. The third kappa shape index (κ3) is 2.36. The summed E-state index contributed by atoms with van der Waals surface area (Å²) in [5.41, 5.74) is 3.79. The summed E-state index contributed by atoms with van der Waals surface area (Å²) < 4.78 is 0. The number of benzene rings is 1. The molecule has 0 radical (unpaired) electrons. The van der Waals surface area contributed by atoms with Crippen molar-refractivity contribution in [3.63, 3.8) is 0 Å². The molecule has 88 valence electrons. The molecule has 0 aliphatic heterocycles. The summed E-state index contributed by atoms with van der Waals surface area (Å²) in [4.78, 5) is 18.3. The van der Waals surface area contributed by atoms with Crippen LogP contribution in [0.5, 0.6) is 0 Å². The quantitative estimate of drug-likeness (QED) is 0.831. The van der Waals surface area contributed by atoms with Gasteiger partial charge in [0.15, 0.2) is 0 Å². The highest BCUT2D eigenvalue weighted by Gasteiger charge is 2.03. The van der Waals surface area contributed by atoms with Crippen molar-refractivity contribution >= 4 is 11.6 Å². The number of rotatable bonds is 2. The smallest absolute Gasteiger partial charge is 0.255 e. The highest BCUT2D eigenvalue weighted by molar-refractivity contribution is 5.59. The van der Waals surface area contributed by atoms with E-state index in [0.717, 1.165) is 11.3 Å². The number of aromatic nitrogens is 2. The van der Waals surface area contributed by atoms with Gasteiger partial charge in [0, 0.05) is 17.4 Å². The van der Waals surface area contributed by atoms with Crippen LogP contribution in [0.4, 0.5) is 11.6 Å². The zero-order valence-corrected chi connectivity index (χ0v) is 10.2. The molecule has 0 atom stereocenters. The maximum atomic E-state index is 11.4. The minimum absolute atomic E-state index is 0.118. The third-order valence-corrected chi connectivity index (χ3v) is 2.84. The fraction of sp³-hybridized carbons (Fsp3) is 0.231. The molecule has 17 heavy (non-hydrogen) atoms. The van der Waals surface area contributed by atoms with Crippen molar-refractivity contribution in [2.75, 3.05) is 5.32 Å². The van der Waals surface area contributed by atoms with Crippen molar-refractivity contribution in [2.45, 2.75) is 20.8 Å². The zero-order valence-electron chi connectivity index (χ0n) is 10.2. The van der Waals surface area contributed by atoms with Crippen LogP contribution in [0, 0.1) is 20.8 Å². The first-order chi connectivity index (χ1) is 8.08. The van der Waals surface area contributed by atoms with Gasteiger partial charge in [-0.2, -0.15) is 0 Å². The predicted octanol–water partition coefficient (Wildman–Crippen LogP) is 2.44. The van der Waals surface area contributed by atoms with Crippen molar-refractivity contribution in [3.05, 3.63) is 51.4 Å². The van der Waals surface area contributed by atoms with Crippen LogP contribution < -0.4 is 10.9 Å². The summed E-state index contributed by atoms with van der Waals surface area (Å²) in [6.45, 7) is 5.81. The SMILES string of the molecule is Cc1cccc(Nc2ncc(C)c(=O)[nH]2)c1C. The van der Waals surface area contributed by atoms with E-state index in [0.29, 0.717) is 11.5 Å². The number of anilines is 2. The molecule has 1 aromatic carbocycles. The van der Waals surface area contributed by atoms with Gasteiger partial charge in [-0.1, -0.05) is 12.1 Å². The summed E-state index contributed by atoms with van der Waals surface area (Å²) in [5, 5.41) is 3.11. The Labute approximate surface area is 99.7 Å². The van der Waals surface area contributed by atoms with Gasteiger partial charge in [0.25, 0.3) is 5.56 Å². The number of H-pyrrole nitrogens is 1. The number of hydrogen-bond donors (Lipinski definition) is 2. The predicted molar refractivity (Wildman–Crippen MR) is 68.8 cm³/mol. The van der Waals surface area contributed by atoms with Crippen LogP contribution >= 0.6 is 0 Å². The van der Waals surface area contributed by atoms with Crippen molar-refractivity contribution in [1.29, 1.82) is 0 Å². The topological polar surface area (TPSA) is 57.8 Å². The highest BCUT2D eigenvalue weighted by Crippen LogP contribution is 2.20. The molecule has 0 spiro atoms. The van der Waals surface area contributed by atoms with Crippen LogP contribution in [-0.2, 0) is 0 Å². The van der Waals surface area contributed by atoms with Gasteiger partial charge in [0.05, 0.1) is 0 Å². The molecular formula is C13H15N3O. The van der Waals surface area contributed by atoms with Gasteiger partial charge in [-0.05, 0) is 38.0 Å². The Bertz CT molecular complexity index is 602. The Kier molecular flexibility index (Phi) is 2.95. The lowest BCUT2D eigenvalue weighted by Gasteiger charge is -2.10. The molecule has 1 heterocycles. The van der Waals surface area contributed by atoms with Crippen molar-refractivity contribution in [1.82, 2.24) is 9.97 Å². The molecule has 4 heteroatoms. The summed E-state index contributed by atoms with van der Waals surface area (Å²) in [5.74, 6) is 0.467. The fourth-order valence-corrected chi connectivity index (χ4v) is 1.54. The standard InChI is InChI=1S/C13H15N3O/c1-8-5-4-6-11(10(8)3)15-13-14-7-9(2)12(17)16-13/h4-7H,1-3H3,(H2,14,15,16,17). The van der Waals surface area contributed by atoms with Gasteiger partial charge in [-0.3, -0.25) is 9.78 Å². The van der Waals surface area contributed by atoms with Crippen LogP contribution in [0.15, 0.2) is 29.2 Å². The van der Waals surface area contributed by atoms with Crippen molar-refractivity contribution < 1.29 is 0 Å². The highest BCUT2D eigenvalue weighted by atomic mass is 16.1. The second kappa shape index (κ2) is 4.41. The number of nitrogens with zero attached hydrogens (tertiary/aromatic N) is 1. The molecule has 2 N–H and O–H groups in total. The van der Waals surface area contributed by atoms with E-state index in [9.17, 15) is 4.79 Å². The van der Waals surface area contributed by atoms with Gasteiger partial charge in [0.2, 0.25) is 5.95 Å². The molecule has 0 aliphatic carbocycles. The second-order valence-corrected chi connectivity index (χ2v) is 4.12. The molecule has 0 unspecified atom stereocenters. The van der Waals surface area contributed by atoms with Crippen LogP contribution in [0.2, 0.25) is 0 Å². The van der Waals surface area contributed by atoms with E-state index in [1.54, 1.807) is 13.1 Å². The molecule has 1 aromatic heterocycles. The van der Waals surface area contributed by atoms with E-state index in [1.807, 2.05) is 32.0 Å².